The standard InChI is InChI=1S/C13H22F3N3O2/c14-13(15,16)10(11(17)18-21)8-19-6-5-12(20)4-2-1-3-9(12)7-19/h9-10,20-21H,1-8H2,(H2,17,18). The highest BCUT2D eigenvalue weighted by atomic mass is 19.4. The number of aliphatic hydroxyl groups is 1. The maximum atomic E-state index is 13.0. The van der Waals surface area contributed by atoms with Gasteiger partial charge in [0.1, 0.15) is 5.92 Å². The second-order valence-electron chi connectivity index (χ2n) is 6.17. The average Bonchev–Trinajstić information content (AvgIpc) is 2.42. The van der Waals surface area contributed by atoms with Gasteiger partial charge in [-0.2, -0.15) is 13.2 Å². The molecule has 1 heterocycles. The number of rotatable bonds is 3. The molecule has 5 nitrogen and oxygen atoms in total. The summed E-state index contributed by atoms with van der Waals surface area (Å²) in [6, 6.07) is 0. The number of piperidine rings is 1. The zero-order valence-electron chi connectivity index (χ0n) is 11.8. The summed E-state index contributed by atoms with van der Waals surface area (Å²) >= 11 is 0. The third kappa shape index (κ3) is 3.60. The Morgan fingerprint density at radius 3 is 2.71 bits per heavy atom. The van der Waals surface area contributed by atoms with Crippen molar-refractivity contribution in [3.05, 3.63) is 0 Å². The minimum absolute atomic E-state index is 0.0150. The molecular weight excluding hydrogens is 287 g/mol. The van der Waals surface area contributed by atoms with Gasteiger partial charge < -0.3 is 20.9 Å². The lowest BCUT2D eigenvalue weighted by Gasteiger charge is -2.48. The van der Waals surface area contributed by atoms with Crippen molar-refractivity contribution in [1.82, 2.24) is 4.90 Å². The first-order chi connectivity index (χ1) is 9.76. The molecule has 21 heavy (non-hydrogen) atoms. The zero-order chi connectivity index (χ0) is 15.7. The molecule has 0 aromatic carbocycles. The van der Waals surface area contributed by atoms with Gasteiger partial charge in [0.05, 0.1) is 5.60 Å². The Hall–Kier alpha value is -1.02. The summed E-state index contributed by atoms with van der Waals surface area (Å²) in [4.78, 5) is 1.67. The van der Waals surface area contributed by atoms with Gasteiger partial charge in [0.15, 0.2) is 5.84 Å². The fourth-order valence-electron chi connectivity index (χ4n) is 3.50. The van der Waals surface area contributed by atoms with E-state index in [-0.39, 0.29) is 12.5 Å². The van der Waals surface area contributed by atoms with Crippen LogP contribution in [-0.2, 0) is 0 Å². The lowest BCUT2D eigenvalue weighted by atomic mass is 9.71. The third-order valence-electron chi connectivity index (χ3n) is 4.82. The summed E-state index contributed by atoms with van der Waals surface area (Å²) in [7, 11) is 0. The van der Waals surface area contributed by atoms with E-state index in [9.17, 15) is 18.3 Å². The SMILES string of the molecule is NC(=NO)C(CN1CCC2(O)CCCCC2C1)C(F)(F)F. The Bertz CT molecular complexity index is 403. The van der Waals surface area contributed by atoms with Crippen LogP contribution in [0, 0.1) is 11.8 Å². The molecule has 0 amide bonds. The van der Waals surface area contributed by atoms with Gasteiger partial charge in [-0.3, -0.25) is 0 Å². The number of nitrogens with two attached hydrogens (primary N) is 1. The smallest absolute Gasteiger partial charge is 0.400 e. The molecule has 0 bridgehead atoms. The molecular formula is C13H22F3N3O2. The molecule has 1 aliphatic carbocycles. The van der Waals surface area contributed by atoms with Crippen LogP contribution in [0.3, 0.4) is 0 Å². The minimum atomic E-state index is -4.55. The van der Waals surface area contributed by atoms with E-state index in [4.69, 9.17) is 10.9 Å². The van der Waals surface area contributed by atoms with E-state index < -0.39 is 23.5 Å². The van der Waals surface area contributed by atoms with E-state index in [1.54, 1.807) is 4.90 Å². The van der Waals surface area contributed by atoms with Crippen molar-refractivity contribution < 1.29 is 23.5 Å². The molecule has 3 atom stereocenters. The topological polar surface area (TPSA) is 82.1 Å². The van der Waals surface area contributed by atoms with Crippen molar-refractivity contribution in [2.75, 3.05) is 19.6 Å². The van der Waals surface area contributed by atoms with Gasteiger partial charge in [0.25, 0.3) is 0 Å². The van der Waals surface area contributed by atoms with Crippen LogP contribution in [0.15, 0.2) is 5.16 Å². The van der Waals surface area contributed by atoms with Gasteiger partial charge in [0.2, 0.25) is 0 Å². The van der Waals surface area contributed by atoms with Gasteiger partial charge in [-0.15, -0.1) is 0 Å². The van der Waals surface area contributed by atoms with Crippen LogP contribution in [0.25, 0.3) is 0 Å². The largest absolute Gasteiger partial charge is 0.409 e. The number of likely N-dealkylation sites (tertiary alicyclic amines) is 1. The van der Waals surface area contributed by atoms with Crippen molar-refractivity contribution in [3.8, 4) is 0 Å². The fourth-order valence-corrected chi connectivity index (χ4v) is 3.50. The van der Waals surface area contributed by atoms with Crippen LogP contribution in [0.4, 0.5) is 13.2 Å². The van der Waals surface area contributed by atoms with E-state index in [0.717, 1.165) is 25.7 Å². The van der Waals surface area contributed by atoms with Crippen molar-refractivity contribution in [2.24, 2.45) is 22.7 Å². The third-order valence-corrected chi connectivity index (χ3v) is 4.82. The summed E-state index contributed by atoms with van der Waals surface area (Å²) in [5.41, 5.74) is 4.46. The first-order valence-electron chi connectivity index (χ1n) is 7.25. The monoisotopic (exact) mass is 309 g/mol. The lowest BCUT2D eigenvalue weighted by molar-refractivity contribution is -0.165. The van der Waals surface area contributed by atoms with Gasteiger partial charge in [-0.1, -0.05) is 18.0 Å². The summed E-state index contributed by atoms with van der Waals surface area (Å²) in [6.45, 7) is 0.506. The predicted molar refractivity (Wildman–Crippen MR) is 70.9 cm³/mol. The first kappa shape index (κ1) is 16.4. The Balaban J connectivity index is 2.03. The van der Waals surface area contributed by atoms with Crippen molar-refractivity contribution in [3.63, 3.8) is 0 Å². The van der Waals surface area contributed by atoms with Crippen LogP contribution in [0.1, 0.15) is 32.1 Å². The maximum absolute atomic E-state index is 13.0. The molecule has 1 saturated carbocycles. The second-order valence-corrected chi connectivity index (χ2v) is 6.17. The Morgan fingerprint density at radius 1 is 1.38 bits per heavy atom. The van der Waals surface area contributed by atoms with Crippen LogP contribution < -0.4 is 5.73 Å². The summed E-state index contributed by atoms with van der Waals surface area (Å²) in [5.74, 6) is -2.77. The number of fused-ring (bicyclic) bond motifs is 1. The highest BCUT2D eigenvalue weighted by molar-refractivity contribution is 5.83. The van der Waals surface area contributed by atoms with E-state index in [0.29, 0.717) is 19.5 Å². The molecule has 2 aliphatic rings. The van der Waals surface area contributed by atoms with Crippen LogP contribution in [0.2, 0.25) is 0 Å². The molecule has 3 unspecified atom stereocenters. The van der Waals surface area contributed by atoms with Gasteiger partial charge in [0, 0.05) is 25.6 Å². The lowest BCUT2D eigenvalue weighted by Crippen LogP contribution is -2.55. The first-order valence-corrected chi connectivity index (χ1v) is 7.25. The molecule has 1 aliphatic heterocycles. The number of oxime groups is 1. The van der Waals surface area contributed by atoms with Crippen LogP contribution in [0.5, 0.6) is 0 Å². The number of alkyl halides is 3. The molecule has 1 saturated heterocycles. The number of nitrogens with zero attached hydrogens (tertiary/aromatic N) is 2. The maximum Gasteiger partial charge on any atom is 0.400 e. The zero-order valence-corrected chi connectivity index (χ0v) is 11.8. The van der Waals surface area contributed by atoms with Gasteiger partial charge in [-0.05, 0) is 19.3 Å². The van der Waals surface area contributed by atoms with Gasteiger partial charge >= 0.3 is 6.18 Å². The van der Waals surface area contributed by atoms with E-state index in [1.165, 1.54) is 0 Å². The molecule has 122 valence electrons. The van der Waals surface area contributed by atoms with E-state index in [2.05, 4.69) is 5.16 Å². The molecule has 0 spiro atoms. The van der Waals surface area contributed by atoms with E-state index >= 15 is 0 Å². The normalized spacial score (nSPS) is 33.5. The Morgan fingerprint density at radius 2 is 2.10 bits per heavy atom. The molecule has 2 fully saturated rings. The fraction of sp³-hybridized carbons (Fsp3) is 0.923. The molecule has 0 aromatic rings. The number of hydrogen-bond acceptors (Lipinski definition) is 4. The molecule has 2 rings (SSSR count). The van der Waals surface area contributed by atoms with Crippen molar-refractivity contribution in [1.29, 1.82) is 0 Å². The number of halogens is 3. The molecule has 0 radical (unpaired) electrons. The van der Waals surface area contributed by atoms with Crippen LogP contribution in [-0.4, -0.2) is 52.5 Å². The van der Waals surface area contributed by atoms with Crippen molar-refractivity contribution >= 4 is 5.84 Å². The van der Waals surface area contributed by atoms with Crippen LogP contribution >= 0.6 is 0 Å². The summed E-state index contributed by atoms with van der Waals surface area (Å²) in [6.07, 6.45) is -0.511. The summed E-state index contributed by atoms with van der Waals surface area (Å²) < 4.78 is 38.9. The van der Waals surface area contributed by atoms with Crippen molar-refractivity contribution in [2.45, 2.75) is 43.9 Å². The second kappa shape index (κ2) is 6.00. The predicted octanol–water partition coefficient (Wildman–Crippen LogP) is 1.54. The minimum Gasteiger partial charge on any atom is -0.409 e. The summed E-state index contributed by atoms with van der Waals surface area (Å²) in [5, 5.41) is 21.6. The number of amidine groups is 1. The Kier molecular flexibility index (Phi) is 4.67. The van der Waals surface area contributed by atoms with Gasteiger partial charge in [-0.25, -0.2) is 0 Å². The van der Waals surface area contributed by atoms with E-state index in [1.807, 2.05) is 0 Å². The average molecular weight is 309 g/mol. The Labute approximate surface area is 121 Å². The highest BCUT2D eigenvalue weighted by Gasteiger charge is 2.47. The quantitative estimate of drug-likeness (QED) is 0.320. The highest BCUT2D eigenvalue weighted by Crippen LogP contribution is 2.40. The molecule has 8 heteroatoms. The molecule has 4 N–H and O–H groups in total. The number of hydrogen-bond donors (Lipinski definition) is 3. The molecule has 0 aromatic heterocycles.